The van der Waals surface area contributed by atoms with Gasteiger partial charge in [-0.3, -0.25) is 14.5 Å². The summed E-state index contributed by atoms with van der Waals surface area (Å²) in [5, 5.41) is 4.88. The van der Waals surface area contributed by atoms with E-state index in [0.29, 0.717) is 12.2 Å². The summed E-state index contributed by atoms with van der Waals surface area (Å²) in [6.45, 7) is 2.15. The van der Waals surface area contributed by atoms with E-state index in [1.165, 1.54) is 5.56 Å². The second-order valence-corrected chi connectivity index (χ2v) is 9.34. The van der Waals surface area contributed by atoms with E-state index in [2.05, 4.69) is 18.3 Å². The molecule has 4 rings (SSSR count). The first-order valence-corrected chi connectivity index (χ1v) is 12.0. The summed E-state index contributed by atoms with van der Waals surface area (Å²) in [5.74, 6) is 0.552. The standard InChI is InChI=1S/C24H24N2O2S2/c1-2-7-17-8-3-4-12-21(17)26-23(28)16-30-24(26)18-9-5-10-19(14-18)25-22(27)15-20-11-6-13-29-20/h3-6,8-14,24H,2,7,15-16H2,1H3,(H,25,27). The highest BCUT2D eigenvalue weighted by Crippen LogP contribution is 2.43. The lowest BCUT2D eigenvalue weighted by molar-refractivity contribution is -0.116. The molecule has 1 unspecified atom stereocenters. The summed E-state index contributed by atoms with van der Waals surface area (Å²) in [7, 11) is 0. The van der Waals surface area contributed by atoms with Crippen LogP contribution in [0.15, 0.2) is 66.0 Å². The maximum absolute atomic E-state index is 12.8. The van der Waals surface area contributed by atoms with Crippen molar-refractivity contribution in [2.24, 2.45) is 0 Å². The summed E-state index contributed by atoms with van der Waals surface area (Å²) in [5.41, 5.74) is 3.97. The molecule has 4 nitrogen and oxygen atoms in total. The second kappa shape index (κ2) is 9.49. The van der Waals surface area contributed by atoms with Crippen molar-refractivity contribution < 1.29 is 9.59 Å². The van der Waals surface area contributed by atoms with Crippen molar-refractivity contribution in [3.05, 3.63) is 82.0 Å². The lowest BCUT2D eigenvalue weighted by Gasteiger charge is -2.27. The molecule has 30 heavy (non-hydrogen) atoms. The summed E-state index contributed by atoms with van der Waals surface area (Å²) < 4.78 is 0. The molecule has 2 amide bonds. The van der Waals surface area contributed by atoms with Gasteiger partial charge in [0.2, 0.25) is 11.8 Å². The molecule has 1 aliphatic heterocycles. The van der Waals surface area contributed by atoms with Gasteiger partial charge in [-0.05, 0) is 47.2 Å². The fourth-order valence-electron chi connectivity index (χ4n) is 3.70. The third kappa shape index (κ3) is 4.60. The Kier molecular flexibility index (Phi) is 6.55. The smallest absolute Gasteiger partial charge is 0.238 e. The van der Waals surface area contributed by atoms with Crippen molar-refractivity contribution in [2.75, 3.05) is 16.0 Å². The van der Waals surface area contributed by atoms with E-state index in [-0.39, 0.29) is 17.2 Å². The Labute approximate surface area is 185 Å². The third-order valence-electron chi connectivity index (χ3n) is 5.01. The molecule has 1 atom stereocenters. The number of hydrogen-bond acceptors (Lipinski definition) is 4. The molecule has 6 heteroatoms. The average Bonchev–Trinajstić information content (AvgIpc) is 3.38. The summed E-state index contributed by atoms with van der Waals surface area (Å²) in [4.78, 5) is 28.1. The number of nitrogens with one attached hydrogen (secondary N) is 1. The van der Waals surface area contributed by atoms with E-state index in [1.54, 1.807) is 23.1 Å². The largest absolute Gasteiger partial charge is 0.326 e. The van der Waals surface area contributed by atoms with Gasteiger partial charge in [-0.15, -0.1) is 23.1 Å². The highest BCUT2D eigenvalue weighted by atomic mass is 32.2. The summed E-state index contributed by atoms with van der Waals surface area (Å²) >= 11 is 3.21. The van der Waals surface area contributed by atoms with Crippen LogP contribution in [-0.4, -0.2) is 17.6 Å². The van der Waals surface area contributed by atoms with Gasteiger partial charge in [-0.2, -0.15) is 0 Å². The van der Waals surface area contributed by atoms with Crippen molar-refractivity contribution in [2.45, 2.75) is 31.6 Å². The van der Waals surface area contributed by atoms with Gasteiger partial charge in [0.1, 0.15) is 5.37 Å². The number of hydrogen-bond donors (Lipinski definition) is 1. The number of thioether (sulfide) groups is 1. The molecule has 154 valence electrons. The van der Waals surface area contributed by atoms with Gasteiger partial charge in [0.25, 0.3) is 0 Å². The number of anilines is 2. The van der Waals surface area contributed by atoms with Gasteiger partial charge in [-0.25, -0.2) is 0 Å². The molecule has 2 aromatic carbocycles. The zero-order valence-corrected chi connectivity index (χ0v) is 18.5. The van der Waals surface area contributed by atoms with Crippen molar-refractivity contribution in [3.63, 3.8) is 0 Å². The predicted octanol–water partition coefficient (Wildman–Crippen LogP) is 5.66. The maximum atomic E-state index is 12.8. The number of carbonyl (C=O) groups excluding carboxylic acids is 2. The molecule has 2 heterocycles. The van der Waals surface area contributed by atoms with Crippen molar-refractivity contribution in [1.29, 1.82) is 0 Å². The Morgan fingerprint density at radius 2 is 2.00 bits per heavy atom. The zero-order valence-electron chi connectivity index (χ0n) is 16.8. The third-order valence-corrected chi connectivity index (χ3v) is 7.10. The molecule has 1 aromatic heterocycles. The molecule has 0 radical (unpaired) electrons. The van der Waals surface area contributed by atoms with Crippen molar-refractivity contribution in [3.8, 4) is 0 Å². The first kappa shape index (κ1) is 20.7. The molecule has 1 N–H and O–H groups in total. The number of thiophene rings is 1. The highest BCUT2D eigenvalue weighted by Gasteiger charge is 2.35. The fourth-order valence-corrected chi connectivity index (χ4v) is 5.57. The van der Waals surface area contributed by atoms with Crippen molar-refractivity contribution >= 4 is 46.3 Å². The van der Waals surface area contributed by atoms with Crippen LogP contribution in [0, 0.1) is 0 Å². The van der Waals surface area contributed by atoms with Crippen LogP contribution in [0.5, 0.6) is 0 Å². The predicted molar refractivity (Wildman–Crippen MR) is 126 cm³/mol. The van der Waals surface area contributed by atoms with E-state index >= 15 is 0 Å². The summed E-state index contributed by atoms with van der Waals surface area (Å²) in [6, 6.07) is 19.9. The molecule has 0 spiro atoms. The Morgan fingerprint density at radius 3 is 2.80 bits per heavy atom. The van der Waals surface area contributed by atoms with Crippen LogP contribution in [0.3, 0.4) is 0 Å². The van der Waals surface area contributed by atoms with Gasteiger partial charge in [-0.1, -0.05) is 49.7 Å². The number of benzene rings is 2. The van der Waals surface area contributed by atoms with E-state index in [4.69, 9.17) is 0 Å². The molecule has 1 saturated heterocycles. The second-order valence-electron chi connectivity index (χ2n) is 7.24. The zero-order chi connectivity index (χ0) is 20.9. The minimum atomic E-state index is -0.0929. The van der Waals surface area contributed by atoms with E-state index in [0.717, 1.165) is 34.7 Å². The Hall–Kier alpha value is -2.57. The molecule has 0 bridgehead atoms. The number of nitrogens with zero attached hydrogens (tertiary/aromatic N) is 1. The van der Waals surface area contributed by atoms with Crippen molar-refractivity contribution in [1.82, 2.24) is 0 Å². The maximum Gasteiger partial charge on any atom is 0.238 e. The SMILES string of the molecule is CCCc1ccccc1N1C(=O)CSC1c1cccc(NC(=O)Cc2cccs2)c1. The molecular formula is C24H24N2O2S2. The molecule has 3 aromatic rings. The van der Waals surface area contributed by atoms with Crippen LogP contribution in [0.25, 0.3) is 0 Å². The molecule has 0 aliphatic carbocycles. The minimum absolute atomic E-state index is 0.0325. The number of amides is 2. The van der Waals surface area contributed by atoms with Crippen LogP contribution in [0.4, 0.5) is 11.4 Å². The molecule has 1 fully saturated rings. The Morgan fingerprint density at radius 1 is 1.13 bits per heavy atom. The Bertz CT molecular complexity index is 1030. The first-order valence-electron chi connectivity index (χ1n) is 10.1. The van der Waals surface area contributed by atoms with Crippen LogP contribution in [0.2, 0.25) is 0 Å². The van der Waals surface area contributed by atoms with Crippen LogP contribution < -0.4 is 10.2 Å². The van der Waals surface area contributed by atoms with E-state index in [1.807, 2.05) is 64.9 Å². The lowest BCUT2D eigenvalue weighted by atomic mass is 10.1. The van der Waals surface area contributed by atoms with E-state index < -0.39 is 0 Å². The van der Waals surface area contributed by atoms with Crippen LogP contribution >= 0.6 is 23.1 Å². The van der Waals surface area contributed by atoms with Gasteiger partial charge in [0.05, 0.1) is 12.2 Å². The van der Waals surface area contributed by atoms with Crippen LogP contribution in [0.1, 0.15) is 34.7 Å². The number of para-hydroxylation sites is 1. The fraction of sp³-hybridized carbons (Fsp3) is 0.250. The quantitative estimate of drug-likeness (QED) is 0.520. The topological polar surface area (TPSA) is 49.4 Å². The first-order chi connectivity index (χ1) is 14.7. The van der Waals surface area contributed by atoms with Gasteiger partial charge in [0, 0.05) is 16.3 Å². The van der Waals surface area contributed by atoms with E-state index in [9.17, 15) is 9.59 Å². The Balaban J connectivity index is 1.56. The monoisotopic (exact) mass is 436 g/mol. The number of rotatable bonds is 7. The molecule has 1 aliphatic rings. The lowest BCUT2D eigenvalue weighted by Crippen LogP contribution is -2.28. The molecule has 0 saturated carbocycles. The van der Waals surface area contributed by atoms with Gasteiger partial charge in [0.15, 0.2) is 0 Å². The van der Waals surface area contributed by atoms with Gasteiger partial charge >= 0.3 is 0 Å². The minimum Gasteiger partial charge on any atom is -0.326 e. The van der Waals surface area contributed by atoms with Crippen LogP contribution in [-0.2, 0) is 22.4 Å². The highest BCUT2D eigenvalue weighted by molar-refractivity contribution is 8.00. The number of aryl methyl sites for hydroxylation is 1. The number of carbonyl (C=O) groups is 2. The van der Waals surface area contributed by atoms with Gasteiger partial charge < -0.3 is 5.32 Å². The summed E-state index contributed by atoms with van der Waals surface area (Å²) in [6.07, 6.45) is 2.34. The molecular weight excluding hydrogens is 412 g/mol. The normalized spacial score (nSPS) is 16.1. The average molecular weight is 437 g/mol.